The van der Waals surface area contributed by atoms with Crippen molar-refractivity contribution < 1.29 is 0 Å². The second-order valence-electron chi connectivity index (χ2n) is 4.96. The van der Waals surface area contributed by atoms with Crippen LogP contribution in [-0.4, -0.2) is 4.99 Å². The number of halogens is 1. The number of hydrogen-bond acceptors (Lipinski definition) is 2. The van der Waals surface area contributed by atoms with Gasteiger partial charge in [-0.15, -0.1) is 0 Å². The van der Waals surface area contributed by atoms with Crippen molar-refractivity contribution in [2.75, 3.05) is 5.32 Å². The highest BCUT2D eigenvalue weighted by atomic mass is 35.5. The van der Waals surface area contributed by atoms with Crippen LogP contribution in [0.2, 0.25) is 5.02 Å². The van der Waals surface area contributed by atoms with E-state index in [9.17, 15) is 0 Å². The third kappa shape index (κ3) is 3.11. The Kier molecular flexibility index (Phi) is 4.31. The quantitative estimate of drug-likeness (QED) is 0.811. The van der Waals surface area contributed by atoms with Gasteiger partial charge in [-0.25, -0.2) is 0 Å². The Labute approximate surface area is 130 Å². The first-order valence-electron chi connectivity index (χ1n) is 6.32. The minimum Gasteiger partial charge on any atom is -0.389 e. The molecular weight excluding hydrogens is 288 g/mol. The predicted octanol–water partition coefficient (Wildman–Crippen LogP) is 4.64. The lowest BCUT2D eigenvalue weighted by Crippen LogP contribution is -2.10. The van der Waals surface area contributed by atoms with Crippen molar-refractivity contribution in [2.45, 2.75) is 20.8 Å². The lowest BCUT2D eigenvalue weighted by molar-refractivity contribution is 1.31. The van der Waals surface area contributed by atoms with Gasteiger partial charge in [0.05, 0.1) is 5.02 Å². The van der Waals surface area contributed by atoms with E-state index >= 15 is 0 Å². The minimum atomic E-state index is 0.309. The first-order valence-corrected chi connectivity index (χ1v) is 7.11. The number of nitrogens with two attached hydrogens (primary N) is 1. The highest BCUT2D eigenvalue weighted by Gasteiger charge is 2.07. The Morgan fingerprint density at radius 1 is 1.10 bits per heavy atom. The molecule has 2 aromatic rings. The van der Waals surface area contributed by atoms with Gasteiger partial charge in [0.15, 0.2) is 0 Å². The van der Waals surface area contributed by atoms with Gasteiger partial charge in [0, 0.05) is 16.9 Å². The van der Waals surface area contributed by atoms with E-state index in [1.807, 2.05) is 18.2 Å². The van der Waals surface area contributed by atoms with E-state index in [0.717, 1.165) is 11.4 Å². The molecule has 104 valence electrons. The Balaban J connectivity index is 2.36. The number of rotatable bonds is 3. The molecule has 0 aliphatic carbocycles. The zero-order chi connectivity index (χ0) is 14.9. The molecule has 2 aromatic carbocycles. The molecule has 0 spiro atoms. The van der Waals surface area contributed by atoms with Gasteiger partial charge in [0.2, 0.25) is 0 Å². The van der Waals surface area contributed by atoms with Gasteiger partial charge in [-0.05, 0) is 50.1 Å². The van der Waals surface area contributed by atoms with Gasteiger partial charge >= 0.3 is 0 Å². The lowest BCUT2D eigenvalue weighted by atomic mass is 10.0. The second kappa shape index (κ2) is 5.81. The number of benzene rings is 2. The van der Waals surface area contributed by atoms with E-state index in [-0.39, 0.29) is 0 Å². The smallest absolute Gasteiger partial charge is 0.105 e. The van der Waals surface area contributed by atoms with Crippen molar-refractivity contribution >= 4 is 40.2 Å². The van der Waals surface area contributed by atoms with Crippen LogP contribution >= 0.6 is 23.8 Å². The van der Waals surface area contributed by atoms with Crippen LogP contribution in [0, 0.1) is 20.8 Å². The van der Waals surface area contributed by atoms with Crippen molar-refractivity contribution in [3.05, 3.63) is 57.6 Å². The van der Waals surface area contributed by atoms with E-state index in [2.05, 4.69) is 38.2 Å². The molecule has 2 rings (SSSR count). The van der Waals surface area contributed by atoms with Crippen molar-refractivity contribution in [3.63, 3.8) is 0 Å². The molecular formula is C16H17ClN2S. The molecule has 0 bridgehead atoms. The molecule has 0 heterocycles. The molecule has 0 saturated heterocycles. The molecule has 20 heavy (non-hydrogen) atoms. The SMILES string of the molecule is Cc1cc(C)c(Nc2ccc(C(N)=S)c(Cl)c2)c(C)c1. The van der Waals surface area contributed by atoms with Crippen LogP contribution in [-0.2, 0) is 0 Å². The largest absolute Gasteiger partial charge is 0.389 e. The summed E-state index contributed by atoms with van der Waals surface area (Å²) in [7, 11) is 0. The number of aryl methyl sites for hydroxylation is 3. The van der Waals surface area contributed by atoms with Gasteiger partial charge in [-0.3, -0.25) is 0 Å². The van der Waals surface area contributed by atoms with Crippen LogP contribution in [0.5, 0.6) is 0 Å². The highest BCUT2D eigenvalue weighted by Crippen LogP contribution is 2.28. The first kappa shape index (κ1) is 14.8. The summed E-state index contributed by atoms with van der Waals surface area (Å²) in [6.07, 6.45) is 0. The zero-order valence-corrected chi connectivity index (χ0v) is 13.3. The van der Waals surface area contributed by atoms with E-state index in [1.54, 1.807) is 0 Å². The average molecular weight is 305 g/mol. The van der Waals surface area contributed by atoms with Gasteiger partial charge in [-0.2, -0.15) is 0 Å². The molecule has 0 atom stereocenters. The van der Waals surface area contributed by atoms with Crippen LogP contribution in [0.1, 0.15) is 22.3 Å². The van der Waals surface area contributed by atoms with E-state index in [1.165, 1.54) is 16.7 Å². The normalized spacial score (nSPS) is 10.4. The number of anilines is 2. The Bertz CT molecular complexity index is 657. The molecule has 2 nitrogen and oxygen atoms in total. The summed E-state index contributed by atoms with van der Waals surface area (Å²) < 4.78 is 0. The van der Waals surface area contributed by atoms with Crippen molar-refractivity contribution in [1.29, 1.82) is 0 Å². The fraction of sp³-hybridized carbons (Fsp3) is 0.188. The van der Waals surface area contributed by atoms with Gasteiger partial charge in [0.25, 0.3) is 0 Å². The molecule has 0 fully saturated rings. The third-order valence-electron chi connectivity index (χ3n) is 3.18. The average Bonchev–Trinajstić information content (AvgIpc) is 2.33. The summed E-state index contributed by atoms with van der Waals surface area (Å²) in [5, 5.41) is 3.97. The standard InChI is InChI=1S/C16H17ClN2S/c1-9-6-10(2)15(11(3)7-9)19-12-4-5-13(16(18)20)14(17)8-12/h4-8,19H,1-3H3,(H2,18,20). The second-order valence-corrected chi connectivity index (χ2v) is 5.80. The summed E-state index contributed by atoms with van der Waals surface area (Å²) in [6.45, 7) is 6.28. The number of thiocarbonyl (C=S) groups is 1. The number of nitrogens with one attached hydrogen (secondary N) is 1. The Morgan fingerprint density at radius 2 is 1.70 bits per heavy atom. The summed E-state index contributed by atoms with van der Waals surface area (Å²) in [6, 6.07) is 9.92. The fourth-order valence-electron chi connectivity index (χ4n) is 2.31. The van der Waals surface area contributed by atoms with E-state index < -0.39 is 0 Å². The molecule has 0 aliphatic rings. The van der Waals surface area contributed by atoms with Crippen LogP contribution < -0.4 is 11.1 Å². The van der Waals surface area contributed by atoms with Crippen molar-refractivity contribution in [1.82, 2.24) is 0 Å². The maximum Gasteiger partial charge on any atom is 0.105 e. The van der Waals surface area contributed by atoms with Gasteiger partial charge in [-0.1, -0.05) is 41.5 Å². The first-order chi connectivity index (χ1) is 9.38. The molecule has 3 N–H and O–H groups in total. The summed E-state index contributed by atoms with van der Waals surface area (Å²) in [4.78, 5) is 0.309. The lowest BCUT2D eigenvalue weighted by Gasteiger charge is -2.15. The molecule has 0 aromatic heterocycles. The maximum absolute atomic E-state index is 6.19. The molecule has 0 saturated carbocycles. The van der Waals surface area contributed by atoms with Gasteiger partial charge in [0.1, 0.15) is 4.99 Å². The zero-order valence-electron chi connectivity index (χ0n) is 11.8. The summed E-state index contributed by atoms with van der Waals surface area (Å²) in [5.41, 5.74) is 12.0. The van der Waals surface area contributed by atoms with Crippen molar-refractivity contribution in [2.24, 2.45) is 5.73 Å². The molecule has 0 unspecified atom stereocenters. The number of hydrogen-bond donors (Lipinski definition) is 2. The van der Waals surface area contributed by atoms with Gasteiger partial charge < -0.3 is 11.1 Å². The topological polar surface area (TPSA) is 38.0 Å². The highest BCUT2D eigenvalue weighted by molar-refractivity contribution is 7.80. The molecule has 0 aliphatic heterocycles. The monoisotopic (exact) mass is 304 g/mol. The summed E-state index contributed by atoms with van der Waals surface area (Å²) >= 11 is 11.1. The van der Waals surface area contributed by atoms with E-state index in [0.29, 0.717) is 15.6 Å². The summed E-state index contributed by atoms with van der Waals surface area (Å²) in [5.74, 6) is 0. The van der Waals surface area contributed by atoms with Crippen molar-refractivity contribution in [3.8, 4) is 0 Å². The molecule has 4 heteroatoms. The predicted molar refractivity (Wildman–Crippen MR) is 91.3 cm³/mol. The fourth-order valence-corrected chi connectivity index (χ4v) is 2.83. The van der Waals surface area contributed by atoms with Crippen LogP contribution in [0.4, 0.5) is 11.4 Å². The van der Waals surface area contributed by atoms with Crippen LogP contribution in [0.15, 0.2) is 30.3 Å². The van der Waals surface area contributed by atoms with E-state index in [4.69, 9.17) is 29.6 Å². The van der Waals surface area contributed by atoms with Crippen LogP contribution in [0.25, 0.3) is 0 Å². The van der Waals surface area contributed by atoms with Crippen LogP contribution in [0.3, 0.4) is 0 Å². The Hall–Kier alpha value is -1.58. The Morgan fingerprint density at radius 3 is 2.20 bits per heavy atom. The maximum atomic E-state index is 6.19. The minimum absolute atomic E-state index is 0.309. The molecule has 0 radical (unpaired) electrons. The third-order valence-corrected chi connectivity index (χ3v) is 3.71. The molecule has 0 amide bonds.